The average Bonchev–Trinajstić information content (AvgIpc) is 2.48. The van der Waals surface area contributed by atoms with Crippen molar-refractivity contribution in [2.24, 2.45) is 0 Å². The molecule has 1 saturated heterocycles. The van der Waals surface area contributed by atoms with Crippen LogP contribution in [0.25, 0.3) is 0 Å². The lowest BCUT2D eigenvalue weighted by molar-refractivity contribution is -0.137. The summed E-state index contributed by atoms with van der Waals surface area (Å²) < 4.78 is 57.1. The minimum absolute atomic E-state index is 0.00920. The fourth-order valence-electron chi connectivity index (χ4n) is 2.64. The Morgan fingerprint density at radius 1 is 1.35 bits per heavy atom. The first kappa shape index (κ1) is 17.9. The Hall–Kier alpha value is -1.47. The SMILES string of the molecule is CC(=O)C(CNC1CCOCC1)c1ccc(C(F)(F)F)cc1F. The predicted octanol–water partition coefficient (Wildman–Crippen LogP) is 3.29. The van der Waals surface area contributed by atoms with Crippen molar-refractivity contribution in [1.82, 2.24) is 5.32 Å². The van der Waals surface area contributed by atoms with Crippen LogP contribution in [0.15, 0.2) is 18.2 Å². The molecule has 1 aliphatic heterocycles. The highest BCUT2D eigenvalue weighted by Crippen LogP contribution is 2.32. The fraction of sp³-hybridized carbons (Fsp3) is 0.562. The van der Waals surface area contributed by atoms with Crippen LogP contribution in [0.5, 0.6) is 0 Å². The van der Waals surface area contributed by atoms with Gasteiger partial charge in [0, 0.05) is 25.8 Å². The molecule has 128 valence electrons. The highest BCUT2D eigenvalue weighted by molar-refractivity contribution is 5.83. The molecule has 3 nitrogen and oxygen atoms in total. The Morgan fingerprint density at radius 2 is 2.00 bits per heavy atom. The van der Waals surface area contributed by atoms with Gasteiger partial charge >= 0.3 is 6.18 Å². The van der Waals surface area contributed by atoms with Crippen molar-refractivity contribution in [3.05, 3.63) is 35.1 Å². The molecule has 7 heteroatoms. The van der Waals surface area contributed by atoms with E-state index in [9.17, 15) is 22.4 Å². The minimum atomic E-state index is -4.61. The summed E-state index contributed by atoms with van der Waals surface area (Å²) in [5.41, 5.74) is -1.07. The number of ketones is 1. The maximum atomic E-state index is 14.1. The first-order chi connectivity index (χ1) is 10.8. The third-order valence-corrected chi connectivity index (χ3v) is 4.03. The second-order valence-corrected chi connectivity index (χ2v) is 5.69. The third-order valence-electron chi connectivity index (χ3n) is 4.03. The normalized spacial score (nSPS) is 18.0. The van der Waals surface area contributed by atoms with Crippen molar-refractivity contribution in [2.75, 3.05) is 19.8 Å². The average molecular weight is 333 g/mol. The van der Waals surface area contributed by atoms with Gasteiger partial charge in [-0.15, -0.1) is 0 Å². The van der Waals surface area contributed by atoms with E-state index in [0.29, 0.717) is 19.3 Å². The topological polar surface area (TPSA) is 38.3 Å². The molecule has 1 aromatic carbocycles. The predicted molar refractivity (Wildman–Crippen MR) is 76.7 cm³/mol. The molecule has 0 aromatic heterocycles. The molecule has 1 aromatic rings. The zero-order valence-electron chi connectivity index (χ0n) is 12.8. The summed E-state index contributed by atoms with van der Waals surface area (Å²) in [4.78, 5) is 11.8. The summed E-state index contributed by atoms with van der Waals surface area (Å²) >= 11 is 0. The van der Waals surface area contributed by atoms with Gasteiger partial charge in [-0.2, -0.15) is 13.2 Å². The number of benzene rings is 1. The van der Waals surface area contributed by atoms with Crippen LogP contribution in [-0.2, 0) is 15.7 Å². The van der Waals surface area contributed by atoms with Crippen molar-refractivity contribution in [1.29, 1.82) is 0 Å². The molecule has 1 heterocycles. The number of ether oxygens (including phenoxy) is 1. The third kappa shape index (κ3) is 4.75. The Balaban J connectivity index is 2.12. The lowest BCUT2D eigenvalue weighted by Crippen LogP contribution is -2.38. The summed E-state index contributed by atoms with van der Waals surface area (Å²) in [5, 5.41) is 3.18. The molecule has 1 N–H and O–H groups in total. The molecule has 2 rings (SSSR count). The molecule has 1 unspecified atom stereocenters. The molecule has 23 heavy (non-hydrogen) atoms. The number of carbonyl (C=O) groups excluding carboxylic acids is 1. The highest BCUT2D eigenvalue weighted by Gasteiger charge is 2.32. The van der Waals surface area contributed by atoms with E-state index in [1.54, 1.807) is 0 Å². The quantitative estimate of drug-likeness (QED) is 0.841. The Morgan fingerprint density at radius 3 is 2.52 bits per heavy atom. The summed E-state index contributed by atoms with van der Waals surface area (Å²) in [6.45, 7) is 2.75. The summed E-state index contributed by atoms with van der Waals surface area (Å²) in [6, 6.07) is 2.47. The van der Waals surface area contributed by atoms with Crippen molar-refractivity contribution < 1.29 is 27.1 Å². The summed E-state index contributed by atoms with van der Waals surface area (Å²) in [7, 11) is 0. The molecule has 0 spiro atoms. The number of alkyl halides is 3. The number of nitrogens with one attached hydrogen (secondary N) is 1. The maximum Gasteiger partial charge on any atom is 0.416 e. The van der Waals surface area contributed by atoms with Crippen LogP contribution in [-0.4, -0.2) is 31.6 Å². The molecule has 0 amide bonds. The molecule has 0 radical (unpaired) electrons. The molecule has 0 aliphatic carbocycles. The molecule has 0 bridgehead atoms. The Labute approximate surface area is 132 Å². The number of Topliss-reactive ketones (excluding diaryl/α,β-unsaturated/α-hetero) is 1. The number of carbonyl (C=O) groups is 1. The second-order valence-electron chi connectivity index (χ2n) is 5.69. The van der Waals surface area contributed by atoms with Crippen molar-refractivity contribution >= 4 is 5.78 Å². The fourth-order valence-corrected chi connectivity index (χ4v) is 2.64. The molecule has 1 fully saturated rings. The van der Waals surface area contributed by atoms with Gasteiger partial charge in [0.05, 0.1) is 11.5 Å². The molecule has 1 atom stereocenters. The number of hydrogen-bond donors (Lipinski definition) is 1. The van der Waals surface area contributed by atoms with Crippen LogP contribution < -0.4 is 5.32 Å². The smallest absolute Gasteiger partial charge is 0.381 e. The summed E-state index contributed by atoms with van der Waals surface area (Å²) in [5.74, 6) is -2.10. The van der Waals surface area contributed by atoms with E-state index in [1.807, 2.05) is 0 Å². The molecule has 0 saturated carbocycles. The lowest BCUT2D eigenvalue weighted by Gasteiger charge is -2.25. The zero-order valence-corrected chi connectivity index (χ0v) is 12.8. The van der Waals surface area contributed by atoms with Gasteiger partial charge in [0.2, 0.25) is 0 Å². The van der Waals surface area contributed by atoms with Crippen LogP contribution in [0, 0.1) is 5.82 Å². The summed E-state index contributed by atoms with van der Waals surface area (Å²) in [6.07, 6.45) is -3.02. The van der Waals surface area contributed by atoms with Crippen molar-refractivity contribution in [3.8, 4) is 0 Å². The standard InChI is InChI=1S/C16H19F4NO2/c1-10(22)14(9-21-12-4-6-23-7-5-12)13-3-2-11(8-15(13)17)16(18,19)20/h2-3,8,12,14,21H,4-7,9H2,1H3. The Kier molecular flexibility index (Phi) is 5.75. The van der Waals surface area contributed by atoms with Gasteiger partial charge in [-0.3, -0.25) is 4.79 Å². The zero-order chi connectivity index (χ0) is 17.0. The first-order valence-corrected chi connectivity index (χ1v) is 7.47. The highest BCUT2D eigenvalue weighted by atomic mass is 19.4. The van der Waals surface area contributed by atoms with Gasteiger partial charge < -0.3 is 10.1 Å². The van der Waals surface area contributed by atoms with Crippen LogP contribution in [0.3, 0.4) is 0 Å². The van der Waals surface area contributed by atoms with E-state index < -0.39 is 23.5 Å². The van der Waals surface area contributed by atoms with Crippen LogP contribution in [0.1, 0.15) is 36.8 Å². The van der Waals surface area contributed by atoms with Crippen LogP contribution in [0.2, 0.25) is 0 Å². The number of hydrogen-bond acceptors (Lipinski definition) is 3. The van der Waals surface area contributed by atoms with Gasteiger partial charge in [-0.05, 0) is 37.5 Å². The van der Waals surface area contributed by atoms with E-state index in [-0.39, 0.29) is 23.9 Å². The molecule has 1 aliphatic rings. The van der Waals surface area contributed by atoms with Gasteiger partial charge in [-0.25, -0.2) is 4.39 Å². The van der Waals surface area contributed by atoms with Crippen LogP contribution in [0.4, 0.5) is 17.6 Å². The van der Waals surface area contributed by atoms with E-state index in [0.717, 1.165) is 25.0 Å². The first-order valence-electron chi connectivity index (χ1n) is 7.47. The second kappa shape index (κ2) is 7.40. The molecular formula is C16H19F4NO2. The monoisotopic (exact) mass is 333 g/mol. The van der Waals surface area contributed by atoms with Gasteiger partial charge in [0.25, 0.3) is 0 Å². The molecular weight excluding hydrogens is 314 g/mol. The number of halogens is 4. The van der Waals surface area contributed by atoms with E-state index in [2.05, 4.69) is 5.32 Å². The van der Waals surface area contributed by atoms with Crippen LogP contribution >= 0.6 is 0 Å². The Bertz CT molecular complexity index is 554. The largest absolute Gasteiger partial charge is 0.416 e. The lowest BCUT2D eigenvalue weighted by atomic mass is 9.93. The van der Waals surface area contributed by atoms with Gasteiger partial charge in [0.1, 0.15) is 11.6 Å². The minimum Gasteiger partial charge on any atom is -0.381 e. The van der Waals surface area contributed by atoms with Crippen molar-refractivity contribution in [3.63, 3.8) is 0 Å². The van der Waals surface area contributed by atoms with Gasteiger partial charge in [0.15, 0.2) is 0 Å². The van der Waals surface area contributed by atoms with E-state index >= 15 is 0 Å². The van der Waals surface area contributed by atoms with Crippen molar-refractivity contribution in [2.45, 2.75) is 37.9 Å². The maximum absolute atomic E-state index is 14.1. The number of rotatable bonds is 5. The van der Waals surface area contributed by atoms with E-state index in [4.69, 9.17) is 4.74 Å². The van der Waals surface area contributed by atoms with Gasteiger partial charge in [-0.1, -0.05) is 6.07 Å². The van der Waals surface area contributed by atoms with E-state index in [1.165, 1.54) is 6.92 Å².